The molecule has 2 atom stereocenters. The molecule has 9 heteroatoms. The van der Waals surface area contributed by atoms with Crippen LogP contribution in [0, 0.1) is 11.6 Å². The number of nitrogens with zero attached hydrogens (tertiary/aromatic N) is 3. The molecule has 0 saturated heterocycles. The molecule has 2 aromatic rings. The maximum absolute atomic E-state index is 14.5. The van der Waals surface area contributed by atoms with Crippen LogP contribution in [0.15, 0.2) is 30.9 Å². The van der Waals surface area contributed by atoms with Crippen molar-refractivity contribution >= 4 is 17.7 Å². The molecule has 0 aliphatic carbocycles. The van der Waals surface area contributed by atoms with E-state index >= 15 is 0 Å². The van der Waals surface area contributed by atoms with Crippen LogP contribution in [0.25, 0.3) is 0 Å². The first-order chi connectivity index (χ1) is 14.3. The average molecular weight is 441 g/mol. The molecule has 1 aromatic carbocycles. The number of amides is 1. The molecule has 2 N–H and O–H groups in total. The fourth-order valence-electron chi connectivity index (χ4n) is 3.25. The maximum atomic E-state index is 14.5. The minimum Gasteiger partial charge on any atom is -0.382 e. The molecule has 0 saturated carbocycles. The van der Waals surface area contributed by atoms with Gasteiger partial charge in [0, 0.05) is 30.3 Å². The van der Waals surface area contributed by atoms with E-state index in [4.69, 9.17) is 0 Å². The fourth-order valence-corrected chi connectivity index (χ4v) is 4.46. The summed E-state index contributed by atoms with van der Waals surface area (Å²) in [6, 6.07) is 3.25. The SMILES string of the molecule is CC(=O)NCCCCCCCS[C@H](C)[C@](O)(Cn1cncn1)c1ccc(F)cc1F. The van der Waals surface area contributed by atoms with Gasteiger partial charge in [-0.15, -0.1) is 0 Å². The summed E-state index contributed by atoms with van der Waals surface area (Å²) in [7, 11) is 0. The predicted octanol–water partition coefficient (Wildman–Crippen LogP) is 3.65. The summed E-state index contributed by atoms with van der Waals surface area (Å²) in [4.78, 5) is 14.7. The number of hydrogen-bond donors (Lipinski definition) is 2. The number of thioether (sulfide) groups is 1. The lowest BCUT2D eigenvalue weighted by atomic mass is 9.90. The summed E-state index contributed by atoms with van der Waals surface area (Å²) in [5.74, 6) is -0.645. The van der Waals surface area contributed by atoms with Gasteiger partial charge in [-0.3, -0.25) is 4.79 Å². The van der Waals surface area contributed by atoms with Crippen molar-refractivity contribution in [3.63, 3.8) is 0 Å². The lowest BCUT2D eigenvalue weighted by Gasteiger charge is -2.34. The number of benzene rings is 1. The van der Waals surface area contributed by atoms with E-state index in [0.717, 1.165) is 50.0 Å². The van der Waals surface area contributed by atoms with Gasteiger partial charge in [0.05, 0.1) is 6.54 Å². The third-order valence-electron chi connectivity index (χ3n) is 5.00. The molecule has 30 heavy (non-hydrogen) atoms. The van der Waals surface area contributed by atoms with Gasteiger partial charge in [0.25, 0.3) is 0 Å². The second-order valence-electron chi connectivity index (χ2n) is 7.41. The molecule has 0 unspecified atom stereocenters. The Kier molecular flexibility index (Phi) is 9.71. The molecular weight excluding hydrogens is 410 g/mol. The van der Waals surface area contributed by atoms with Crippen LogP contribution in [-0.2, 0) is 16.9 Å². The highest BCUT2D eigenvalue weighted by atomic mass is 32.2. The third kappa shape index (κ3) is 7.36. The smallest absolute Gasteiger partial charge is 0.216 e. The molecule has 6 nitrogen and oxygen atoms in total. The van der Waals surface area contributed by atoms with E-state index in [0.29, 0.717) is 6.54 Å². The van der Waals surface area contributed by atoms with Crippen LogP contribution in [0.5, 0.6) is 0 Å². The molecule has 1 aromatic heterocycles. The van der Waals surface area contributed by atoms with Crippen molar-refractivity contribution in [2.24, 2.45) is 0 Å². The Labute approximate surface area is 180 Å². The topological polar surface area (TPSA) is 80.0 Å². The van der Waals surface area contributed by atoms with Gasteiger partial charge in [-0.1, -0.05) is 32.3 Å². The Morgan fingerprint density at radius 1 is 1.27 bits per heavy atom. The highest BCUT2D eigenvalue weighted by molar-refractivity contribution is 7.99. The van der Waals surface area contributed by atoms with Gasteiger partial charge in [0.1, 0.15) is 29.9 Å². The van der Waals surface area contributed by atoms with Crippen LogP contribution in [0.3, 0.4) is 0 Å². The van der Waals surface area contributed by atoms with Crippen molar-refractivity contribution in [1.29, 1.82) is 0 Å². The van der Waals surface area contributed by atoms with Gasteiger partial charge in [0.15, 0.2) is 0 Å². The highest BCUT2D eigenvalue weighted by Crippen LogP contribution is 2.36. The van der Waals surface area contributed by atoms with Gasteiger partial charge in [-0.05, 0) is 24.7 Å². The summed E-state index contributed by atoms with van der Waals surface area (Å²) in [5.41, 5.74) is -1.51. The van der Waals surface area contributed by atoms with E-state index in [-0.39, 0.29) is 23.3 Å². The Morgan fingerprint density at radius 3 is 2.67 bits per heavy atom. The Morgan fingerprint density at radius 2 is 2.00 bits per heavy atom. The second-order valence-corrected chi connectivity index (χ2v) is 8.85. The molecule has 1 amide bonds. The Balaban J connectivity index is 1.89. The summed E-state index contributed by atoms with van der Waals surface area (Å²) >= 11 is 1.56. The second kappa shape index (κ2) is 12.0. The summed E-state index contributed by atoms with van der Waals surface area (Å²) < 4.78 is 29.3. The fraction of sp³-hybridized carbons (Fsp3) is 0.571. The first-order valence-electron chi connectivity index (χ1n) is 10.2. The van der Waals surface area contributed by atoms with Gasteiger partial charge < -0.3 is 10.4 Å². The number of halogens is 2. The summed E-state index contributed by atoms with van der Waals surface area (Å²) in [6.45, 7) is 4.09. The zero-order valence-electron chi connectivity index (χ0n) is 17.5. The van der Waals surface area contributed by atoms with E-state index in [1.807, 2.05) is 6.92 Å². The Bertz CT molecular complexity index is 791. The molecule has 0 radical (unpaired) electrons. The molecule has 0 bridgehead atoms. The van der Waals surface area contributed by atoms with Crippen LogP contribution in [-0.4, -0.2) is 43.3 Å². The van der Waals surface area contributed by atoms with Crippen LogP contribution in [0.2, 0.25) is 0 Å². The zero-order chi connectivity index (χ0) is 22.0. The van der Waals surface area contributed by atoms with E-state index in [1.54, 1.807) is 11.8 Å². The van der Waals surface area contributed by atoms with Crippen molar-refractivity contribution in [3.8, 4) is 0 Å². The summed E-state index contributed by atoms with van der Waals surface area (Å²) in [5, 5.41) is 17.9. The third-order valence-corrected chi connectivity index (χ3v) is 6.42. The van der Waals surface area contributed by atoms with Gasteiger partial charge in [0.2, 0.25) is 5.91 Å². The van der Waals surface area contributed by atoms with Gasteiger partial charge >= 0.3 is 0 Å². The van der Waals surface area contributed by atoms with Crippen LogP contribution in [0.1, 0.15) is 51.5 Å². The average Bonchev–Trinajstić information content (AvgIpc) is 3.18. The number of aromatic nitrogens is 3. The molecule has 1 heterocycles. The van der Waals surface area contributed by atoms with Crippen molar-refractivity contribution in [3.05, 3.63) is 48.1 Å². The number of carbonyl (C=O) groups excluding carboxylic acids is 1. The van der Waals surface area contributed by atoms with Crippen molar-refractivity contribution in [1.82, 2.24) is 20.1 Å². The van der Waals surface area contributed by atoms with Gasteiger partial charge in [-0.25, -0.2) is 18.4 Å². The number of hydrogen-bond acceptors (Lipinski definition) is 5. The number of unbranched alkanes of at least 4 members (excludes halogenated alkanes) is 4. The number of carbonyl (C=O) groups is 1. The first kappa shape index (κ1) is 24.3. The highest BCUT2D eigenvalue weighted by Gasteiger charge is 2.39. The Hall–Kier alpha value is -2.00. The molecule has 0 fully saturated rings. The quantitative estimate of drug-likeness (QED) is 0.465. The van der Waals surface area contributed by atoms with Crippen LogP contribution in [0.4, 0.5) is 8.78 Å². The van der Waals surface area contributed by atoms with Gasteiger partial charge in [-0.2, -0.15) is 16.9 Å². The van der Waals surface area contributed by atoms with E-state index in [9.17, 15) is 18.7 Å². The molecule has 0 aliphatic rings. The monoisotopic (exact) mass is 440 g/mol. The van der Waals surface area contributed by atoms with Crippen LogP contribution < -0.4 is 5.32 Å². The molecule has 0 aliphatic heterocycles. The van der Waals surface area contributed by atoms with E-state index < -0.39 is 17.2 Å². The molecule has 0 spiro atoms. The minimum atomic E-state index is -1.56. The summed E-state index contributed by atoms with van der Waals surface area (Å²) in [6.07, 6.45) is 7.93. The molecule has 166 valence electrons. The predicted molar refractivity (Wildman–Crippen MR) is 114 cm³/mol. The molecule has 2 rings (SSSR count). The van der Waals surface area contributed by atoms with Crippen LogP contribution >= 0.6 is 11.8 Å². The number of aliphatic hydroxyl groups is 1. The van der Waals surface area contributed by atoms with E-state index in [2.05, 4.69) is 15.4 Å². The van der Waals surface area contributed by atoms with Crippen molar-refractivity contribution in [2.75, 3.05) is 12.3 Å². The van der Waals surface area contributed by atoms with E-state index in [1.165, 1.54) is 30.3 Å². The minimum absolute atomic E-state index is 0.00337. The normalized spacial score (nSPS) is 14.3. The largest absolute Gasteiger partial charge is 0.382 e. The molecular formula is C21H30F2N4O2S. The lowest BCUT2D eigenvalue weighted by Crippen LogP contribution is -2.41. The standard InChI is InChI=1S/C21H30F2N4O2S/c1-16(30-11-7-5-3-4-6-10-25-17(2)28)21(29,13-27-15-24-14-26-27)19-9-8-18(22)12-20(19)23/h8-9,12,14-16,29H,3-7,10-11,13H2,1-2H3,(H,25,28)/t16-,21-/m1/s1. The maximum Gasteiger partial charge on any atom is 0.216 e. The zero-order valence-corrected chi connectivity index (χ0v) is 18.3. The number of nitrogens with one attached hydrogen (secondary N) is 1. The number of rotatable bonds is 13. The first-order valence-corrected chi connectivity index (χ1v) is 11.2. The van der Waals surface area contributed by atoms with Crippen molar-refractivity contribution in [2.45, 2.75) is 63.3 Å². The van der Waals surface area contributed by atoms with Crippen molar-refractivity contribution < 1.29 is 18.7 Å². The lowest BCUT2D eigenvalue weighted by molar-refractivity contribution is -0.118.